The normalized spacial score (nSPS) is 22.3. The van der Waals surface area contributed by atoms with E-state index in [1.807, 2.05) is 0 Å². The minimum absolute atomic E-state index is 0.212. The van der Waals surface area contributed by atoms with E-state index in [-0.39, 0.29) is 6.61 Å². The molecule has 3 N–H and O–H groups in total. The zero-order chi connectivity index (χ0) is 13.2. The van der Waals surface area contributed by atoms with Gasteiger partial charge in [0.05, 0.1) is 12.2 Å². The smallest absolute Gasteiger partial charge is 0.0972 e. The number of benzene rings is 1. The van der Waals surface area contributed by atoms with Crippen LogP contribution in [-0.2, 0) is 12.8 Å². The van der Waals surface area contributed by atoms with Crippen molar-refractivity contribution in [2.45, 2.75) is 37.8 Å². The Morgan fingerprint density at radius 3 is 2.94 bits per heavy atom. The van der Waals surface area contributed by atoms with Gasteiger partial charge in [0.1, 0.15) is 0 Å². The summed E-state index contributed by atoms with van der Waals surface area (Å²) < 4.78 is 1.14. The molecule has 2 atom stereocenters. The number of aliphatic hydroxyl groups is 2. The first-order valence-electron chi connectivity index (χ1n) is 6.34. The van der Waals surface area contributed by atoms with Crippen molar-refractivity contribution in [1.29, 1.82) is 0 Å². The Morgan fingerprint density at radius 1 is 1.44 bits per heavy atom. The van der Waals surface area contributed by atoms with E-state index >= 15 is 0 Å². The summed E-state index contributed by atoms with van der Waals surface area (Å²) in [6, 6.07) is 6.81. The van der Waals surface area contributed by atoms with Crippen LogP contribution in [-0.4, -0.2) is 35.0 Å². The molecule has 0 amide bonds. The zero-order valence-corrected chi connectivity index (χ0v) is 12.2. The molecule has 0 saturated heterocycles. The van der Waals surface area contributed by atoms with Gasteiger partial charge in [-0.05, 0) is 49.4 Å². The van der Waals surface area contributed by atoms with Crippen molar-refractivity contribution in [3.63, 3.8) is 0 Å². The maximum atomic E-state index is 9.77. The van der Waals surface area contributed by atoms with Crippen LogP contribution in [0.3, 0.4) is 0 Å². The summed E-state index contributed by atoms with van der Waals surface area (Å²) in [7, 11) is 0. The summed E-state index contributed by atoms with van der Waals surface area (Å²) in [5, 5.41) is 22.1. The van der Waals surface area contributed by atoms with Crippen LogP contribution in [0.2, 0.25) is 0 Å². The van der Waals surface area contributed by atoms with Crippen molar-refractivity contribution < 1.29 is 10.2 Å². The molecule has 1 aliphatic carbocycles. The molecule has 4 heteroatoms. The van der Waals surface area contributed by atoms with E-state index in [1.54, 1.807) is 6.92 Å². The van der Waals surface area contributed by atoms with Crippen LogP contribution >= 0.6 is 15.9 Å². The van der Waals surface area contributed by atoms with E-state index in [1.165, 1.54) is 11.1 Å². The van der Waals surface area contributed by atoms with Gasteiger partial charge in [-0.15, -0.1) is 0 Å². The lowest BCUT2D eigenvalue weighted by Gasteiger charge is -2.29. The highest BCUT2D eigenvalue weighted by atomic mass is 79.9. The van der Waals surface area contributed by atoms with Crippen LogP contribution in [0.15, 0.2) is 22.7 Å². The molecule has 0 fully saturated rings. The maximum absolute atomic E-state index is 9.77. The number of halogens is 1. The van der Waals surface area contributed by atoms with Crippen molar-refractivity contribution in [2.24, 2.45) is 0 Å². The Balaban J connectivity index is 1.94. The Morgan fingerprint density at radius 2 is 2.22 bits per heavy atom. The van der Waals surface area contributed by atoms with Gasteiger partial charge in [0.25, 0.3) is 0 Å². The molecule has 0 heterocycles. The summed E-state index contributed by atoms with van der Waals surface area (Å²) in [6.45, 7) is 1.87. The summed E-state index contributed by atoms with van der Waals surface area (Å²) in [5.41, 5.74) is 1.77. The van der Waals surface area contributed by atoms with Gasteiger partial charge in [-0.3, -0.25) is 0 Å². The van der Waals surface area contributed by atoms with E-state index in [4.69, 9.17) is 5.11 Å². The average Bonchev–Trinajstić information content (AvgIpc) is 2.36. The van der Waals surface area contributed by atoms with Crippen LogP contribution in [0.4, 0.5) is 0 Å². The monoisotopic (exact) mass is 313 g/mol. The summed E-state index contributed by atoms with van der Waals surface area (Å²) in [4.78, 5) is 0. The third kappa shape index (κ3) is 3.54. The highest BCUT2D eigenvalue weighted by Crippen LogP contribution is 2.24. The highest BCUT2D eigenvalue weighted by molar-refractivity contribution is 9.10. The van der Waals surface area contributed by atoms with Gasteiger partial charge < -0.3 is 15.5 Å². The first kappa shape index (κ1) is 14.0. The minimum Gasteiger partial charge on any atom is -0.393 e. The van der Waals surface area contributed by atoms with Crippen molar-refractivity contribution in [3.05, 3.63) is 33.8 Å². The molecule has 0 radical (unpaired) electrons. The standard InChI is InChI=1S/C14H20BrNO2/c1-14(18,9-17)8-16-13-5-3-10-6-12(15)4-2-11(10)7-13/h2,4,6,13,16-18H,3,5,7-9H2,1H3. The van der Waals surface area contributed by atoms with Crippen LogP contribution in [0.25, 0.3) is 0 Å². The molecule has 0 saturated carbocycles. The number of hydrogen-bond donors (Lipinski definition) is 3. The predicted octanol–water partition coefficient (Wildman–Crippen LogP) is 1.64. The number of fused-ring (bicyclic) bond motifs is 1. The van der Waals surface area contributed by atoms with Crippen LogP contribution < -0.4 is 5.32 Å². The molecule has 1 aromatic rings. The first-order chi connectivity index (χ1) is 8.50. The SMILES string of the molecule is CC(O)(CO)CNC1CCc2cc(Br)ccc2C1. The van der Waals surface area contributed by atoms with Crippen molar-refractivity contribution in [1.82, 2.24) is 5.32 Å². The van der Waals surface area contributed by atoms with E-state index < -0.39 is 5.60 Å². The fourth-order valence-electron chi connectivity index (χ4n) is 2.32. The van der Waals surface area contributed by atoms with Gasteiger partial charge in [0.2, 0.25) is 0 Å². The summed E-state index contributed by atoms with van der Waals surface area (Å²) in [6.07, 6.45) is 3.13. The second kappa shape index (κ2) is 5.70. The molecule has 1 aromatic carbocycles. The molecular formula is C14H20BrNO2. The molecule has 2 unspecified atom stereocenters. The van der Waals surface area contributed by atoms with Crippen molar-refractivity contribution in [2.75, 3.05) is 13.2 Å². The number of rotatable bonds is 4. The van der Waals surface area contributed by atoms with Crippen molar-refractivity contribution >= 4 is 15.9 Å². The predicted molar refractivity (Wildman–Crippen MR) is 75.7 cm³/mol. The molecule has 0 aromatic heterocycles. The Bertz CT molecular complexity index is 420. The summed E-state index contributed by atoms with van der Waals surface area (Å²) >= 11 is 3.50. The highest BCUT2D eigenvalue weighted by Gasteiger charge is 2.23. The topological polar surface area (TPSA) is 52.5 Å². The lowest BCUT2D eigenvalue weighted by molar-refractivity contribution is 0.000444. The van der Waals surface area contributed by atoms with Crippen LogP contribution in [0.5, 0.6) is 0 Å². The van der Waals surface area contributed by atoms with Gasteiger partial charge in [0.15, 0.2) is 0 Å². The molecular weight excluding hydrogens is 294 g/mol. The van der Waals surface area contributed by atoms with E-state index in [0.29, 0.717) is 12.6 Å². The summed E-state index contributed by atoms with van der Waals surface area (Å²) in [5.74, 6) is 0. The van der Waals surface area contributed by atoms with Gasteiger partial charge in [-0.25, -0.2) is 0 Å². The molecule has 1 aliphatic rings. The van der Waals surface area contributed by atoms with Gasteiger partial charge in [0, 0.05) is 17.1 Å². The molecule has 3 nitrogen and oxygen atoms in total. The van der Waals surface area contributed by atoms with E-state index in [2.05, 4.69) is 39.4 Å². The van der Waals surface area contributed by atoms with E-state index in [0.717, 1.165) is 23.7 Å². The fourth-order valence-corrected chi connectivity index (χ4v) is 2.73. The number of hydrogen-bond acceptors (Lipinski definition) is 3. The third-order valence-corrected chi connectivity index (χ3v) is 4.00. The molecule has 0 spiro atoms. The number of aliphatic hydroxyl groups excluding tert-OH is 1. The lowest BCUT2D eigenvalue weighted by atomic mass is 9.88. The molecule has 0 aliphatic heterocycles. The minimum atomic E-state index is -1.03. The third-order valence-electron chi connectivity index (χ3n) is 3.51. The Labute approximate surface area is 116 Å². The van der Waals surface area contributed by atoms with Gasteiger partial charge >= 0.3 is 0 Å². The van der Waals surface area contributed by atoms with Gasteiger partial charge in [-0.2, -0.15) is 0 Å². The fraction of sp³-hybridized carbons (Fsp3) is 0.571. The number of aryl methyl sites for hydroxylation is 1. The van der Waals surface area contributed by atoms with Crippen LogP contribution in [0.1, 0.15) is 24.5 Å². The average molecular weight is 314 g/mol. The Hall–Kier alpha value is -0.420. The second-order valence-corrected chi connectivity index (χ2v) is 6.30. The zero-order valence-electron chi connectivity index (χ0n) is 10.6. The molecule has 2 rings (SSSR count). The lowest BCUT2D eigenvalue weighted by Crippen LogP contribution is -2.46. The molecule has 0 bridgehead atoms. The molecule has 100 valence electrons. The van der Waals surface area contributed by atoms with Crippen LogP contribution in [0, 0.1) is 0 Å². The second-order valence-electron chi connectivity index (χ2n) is 5.39. The first-order valence-corrected chi connectivity index (χ1v) is 7.13. The largest absolute Gasteiger partial charge is 0.393 e. The molecule has 18 heavy (non-hydrogen) atoms. The van der Waals surface area contributed by atoms with Crippen molar-refractivity contribution in [3.8, 4) is 0 Å². The quantitative estimate of drug-likeness (QED) is 0.792. The van der Waals surface area contributed by atoms with Gasteiger partial charge in [-0.1, -0.05) is 22.0 Å². The Kier molecular flexibility index (Phi) is 4.43. The van der Waals surface area contributed by atoms with E-state index in [9.17, 15) is 5.11 Å². The maximum Gasteiger partial charge on any atom is 0.0972 e. The number of nitrogens with one attached hydrogen (secondary N) is 1.